The summed E-state index contributed by atoms with van der Waals surface area (Å²) in [5.41, 5.74) is 2.68. The molecule has 3 N–H and O–H groups in total. The van der Waals surface area contributed by atoms with E-state index in [0.717, 1.165) is 15.9 Å². The highest BCUT2D eigenvalue weighted by atomic mass is 32.1. The number of hydrogen-bond acceptors (Lipinski definition) is 4. The molecule has 6 nitrogen and oxygen atoms in total. The number of hydrogen-bond donors (Lipinski definition) is 3. The van der Waals surface area contributed by atoms with Crippen LogP contribution in [0.3, 0.4) is 0 Å². The van der Waals surface area contributed by atoms with Gasteiger partial charge in [0.2, 0.25) is 0 Å². The fraction of sp³-hybridized carbons (Fsp3) is 0.0625. The number of amides is 1. The van der Waals surface area contributed by atoms with Gasteiger partial charge in [0.05, 0.1) is 23.9 Å². The molecule has 0 spiro atoms. The van der Waals surface area contributed by atoms with Crippen LogP contribution in [-0.4, -0.2) is 25.8 Å². The summed E-state index contributed by atoms with van der Waals surface area (Å²) in [7, 11) is 0. The van der Waals surface area contributed by atoms with E-state index < -0.39 is 0 Å². The number of benzene rings is 1. The van der Waals surface area contributed by atoms with Gasteiger partial charge in [-0.25, -0.2) is 9.97 Å². The minimum Gasteiger partial charge on any atom is -0.346 e. The number of nitrogens with zero attached hydrogens (tertiary/aromatic N) is 2. The van der Waals surface area contributed by atoms with E-state index >= 15 is 0 Å². The molecule has 3 heterocycles. The standard InChI is InChI=1S/C16H13N5OS/c22-16(17-8-10-4-3-7-23-10)14-13(18-9-19-14)15-20-11-5-1-2-6-12(11)21-15/h1-7,9H,8H2,(H,17,22)(H,18,19)(H,20,21). The van der Waals surface area contributed by atoms with Crippen LogP contribution < -0.4 is 5.32 Å². The van der Waals surface area contributed by atoms with E-state index in [1.54, 1.807) is 11.3 Å². The zero-order chi connectivity index (χ0) is 15.6. The maximum Gasteiger partial charge on any atom is 0.270 e. The zero-order valence-corrected chi connectivity index (χ0v) is 12.9. The van der Waals surface area contributed by atoms with Crippen molar-refractivity contribution in [2.75, 3.05) is 0 Å². The zero-order valence-electron chi connectivity index (χ0n) is 12.0. The Kier molecular flexibility index (Phi) is 3.39. The minimum atomic E-state index is -0.202. The number of thiophene rings is 1. The Hall–Kier alpha value is -2.93. The fourth-order valence-corrected chi connectivity index (χ4v) is 3.03. The van der Waals surface area contributed by atoms with Gasteiger partial charge in [0.1, 0.15) is 11.4 Å². The summed E-state index contributed by atoms with van der Waals surface area (Å²) < 4.78 is 0. The van der Waals surface area contributed by atoms with Gasteiger partial charge in [0.15, 0.2) is 5.82 Å². The molecular formula is C16H13N5OS. The Labute approximate surface area is 135 Å². The van der Waals surface area contributed by atoms with Gasteiger partial charge >= 0.3 is 0 Å². The van der Waals surface area contributed by atoms with Crippen molar-refractivity contribution < 1.29 is 4.79 Å². The quantitative estimate of drug-likeness (QED) is 0.539. The minimum absolute atomic E-state index is 0.202. The predicted octanol–water partition coefficient (Wildman–Crippen LogP) is 2.94. The van der Waals surface area contributed by atoms with Crippen molar-refractivity contribution in [2.24, 2.45) is 0 Å². The van der Waals surface area contributed by atoms with Gasteiger partial charge in [0, 0.05) is 4.88 Å². The molecule has 0 bridgehead atoms. The van der Waals surface area contributed by atoms with Crippen molar-refractivity contribution in [3.63, 3.8) is 0 Å². The van der Waals surface area contributed by atoms with Gasteiger partial charge < -0.3 is 15.3 Å². The van der Waals surface area contributed by atoms with Crippen LogP contribution in [0, 0.1) is 0 Å². The molecule has 7 heteroatoms. The van der Waals surface area contributed by atoms with E-state index in [0.29, 0.717) is 23.8 Å². The first-order chi connectivity index (χ1) is 11.3. The van der Waals surface area contributed by atoms with Gasteiger partial charge in [-0.2, -0.15) is 0 Å². The van der Waals surface area contributed by atoms with Crippen molar-refractivity contribution >= 4 is 28.3 Å². The lowest BCUT2D eigenvalue weighted by Crippen LogP contribution is -2.23. The smallest absolute Gasteiger partial charge is 0.270 e. The van der Waals surface area contributed by atoms with Crippen molar-refractivity contribution in [3.8, 4) is 11.5 Å². The summed E-state index contributed by atoms with van der Waals surface area (Å²) in [5, 5.41) is 4.87. The average molecular weight is 323 g/mol. The summed E-state index contributed by atoms with van der Waals surface area (Å²) in [4.78, 5) is 28.3. The fourth-order valence-electron chi connectivity index (χ4n) is 2.38. The molecule has 23 heavy (non-hydrogen) atoms. The highest BCUT2D eigenvalue weighted by Crippen LogP contribution is 2.21. The molecule has 0 unspecified atom stereocenters. The summed E-state index contributed by atoms with van der Waals surface area (Å²) in [5.74, 6) is 0.375. The summed E-state index contributed by atoms with van der Waals surface area (Å²) >= 11 is 1.61. The second kappa shape index (κ2) is 5.69. The van der Waals surface area contributed by atoms with Crippen LogP contribution in [0.1, 0.15) is 15.4 Å². The Balaban J connectivity index is 1.61. The average Bonchev–Trinajstić information content (AvgIpc) is 3.31. The first-order valence-electron chi connectivity index (χ1n) is 7.10. The molecule has 0 saturated carbocycles. The highest BCUT2D eigenvalue weighted by Gasteiger charge is 2.18. The molecule has 0 aliphatic rings. The third-order valence-corrected chi connectivity index (χ3v) is 4.36. The number of carbonyl (C=O) groups excluding carboxylic acids is 1. The van der Waals surface area contributed by atoms with E-state index in [2.05, 4.69) is 25.3 Å². The summed E-state index contributed by atoms with van der Waals surface area (Å²) in [6, 6.07) is 11.7. The molecule has 4 aromatic rings. The normalized spacial score (nSPS) is 11.0. The molecule has 1 aromatic carbocycles. The number of rotatable bonds is 4. The first kappa shape index (κ1) is 13.7. The molecule has 0 aliphatic heterocycles. The third-order valence-electron chi connectivity index (χ3n) is 3.48. The lowest BCUT2D eigenvalue weighted by molar-refractivity contribution is 0.0947. The Morgan fingerprint density at radius 3 is 2.96 bits per heavy atom. The molecule has 3 aromatic heterocycles. The Bertz CT molecular complexity index is 921. The van der Waals surface area contributed by atoms with Crippen LogP contribution in [0.5, 0.6) is 0 Å². The van der Waals surface area contributed by atoms with E-state index in [4.69, 9.17) is 0 Å². The SMILES string of the molecule is O=C(NCc1cccs1)c1[nH]cnc1-c1nc2ccccc2[nH]1. The number of para-hydroxylation sites is 2. The van der Waals surface area contributed by atoms with Gasteiger partial charge in [-0.3, -0.25) is 4.79 Å². The van der Waals surface area contributed by atoms with E-state index in [1.165, 1.54) is 6.33 Å². The molecule has 0 saturated heterocycles. The maximum absolute atomic E-state index is 12.4. The van der Waals surface area contributed by atoms with Crippen LogP contribution in [0.4, 0.5) is 0 Å². The second-order valence-electron chi connectivity index (χ2n) is 4.99. The monoisotopic (exact) mass is 323 g/mol. The Morgan fingerprint density at radius 2 is 2.13 bits per heavy atom. The van der Waals surface area contributed by atoms with Gasteiger partial charge in [0.25, 0.3) is 5.91 Å². The van der Waals surface area contributed by atoms with Gasteiger partial charge in [-0.1, -0.05) is 18.2 Å². The van der Waals surface area contributed by atoms with Gasteiger partial charge in [-0.05, 0) is 23.6 Å². The first-order valence-corrected chi connectivity index (χ1v) is 7.98. The lowest BCUT2D eigenvalue weighted by atomic mass is 10.3. The molecule has 114 valence electrons. The number of aromatic nitrogens is 4. The van der Waals surface area contributed by atoms with Crippen molar-refractivity contribution in [1.29, 1.82) is 0 Å². The van der Waals surface area contributed by atoms with E-state index in [1.807, 2.05) is 41.8 Å². The number of carbonyl (C=O) groups is 1. The second-order valence-corrected chi connectivity index (χ2v) is 6.02. The van der Waals surface area contributed by atoms with Crippen LogP contribution in [0.25, 0.3) is 22.6 Å². The summed E-state index contributed by atoms with van der Waals surface area (Å²) in [6.45, 7) is 0.495. The molecular weight excluding hydrogens is 310 g/mol. The number of fused-ring (bicyclic) bond motifs is 1. The Morgan fingerprint density at radius 1 is 1.22 bits per heavy atom. The number of imidazole rings is 2. The molecule has 0 fully saturated rings. The molecule has 0 aliphatic carbocycles. The maximum atomic E-state index is 12.4. The van der Waals surface area contributed by atoms with Crippen LogP contribution in [-0.2, 0) is 6.54 Å². The third kappa shape index (κ3) is 2.62. The lowest BCUT2D eigenvalue weighted by Gasteiger charge is -2.03. The molecule has 0 radical (unpaired) electrons. The van der Waals surface area contributed by atoms with Crippen molar-refractivity contribution in [2.45, 2.75) is 6.54 Å². The number of nitrogens with one attached hydrogen (secondary N) is 3. The van der Waals surface area contributed by atoms with Crippen LogP contribution in [0.15, 0.2) is 48.1 Å². The van der Waals surface area contributed by atoms with E-state index in [-0.39, 0.29) is 5.91 Å². The van der Waals surface area contributed by atoms with Crippen LogP contribution >= 0.6 is 11.3 Å². The van der Waals surface area contributed by atoms with E-state index in [9.17, 15) is 4.79 Å². The largest absolute Gasteiger partial charge is 0.346 e. The molecule has 0 atom stereocenters. The number of aromatic amines is 2. The predicted molar refractivity (Wildman–Crippen MR) is 89.2 cm³/mol. The van der Waals surface area contributed by atoms with Crippen LogP contribution in [0.2, 0.25) is 0 Å². The molecule has 1 amide bonds. The van der Waals surface area contributed by atoms with Gasteiger partial charge in [-0.15, -0.1) is 11.3 Å². The molecule has 4 rings (SSSR count). The highest BCUT2D eigenvalue weighted by molar-refractivity contribution is 7.09. The summed E-state index contributed by atoms with van der Waals surface area (Å²) in [6.07, 6.45) is 1.50. The van der Waals surface area contributed by atoms with Crippen molar-refractivity contribution in [3.05, 3.63) is 58.7 Å². The number of H-pyrrole nitrogens is 2. The van der Waals surface area contributed by atoms with Crippen molar-refractivity contribution in [1.82, 2.24) is 25.3 Å². The topological polar surface area (TPSA) is 86.5 Å².